The Kier molecular flexibility index (Phi) is 11.1. The van der Waals surface area contributed by atoms with E-state index in [1.54, 1.807) is 6.92 Å². The molecule has 11 nitrogen and oxygen atoms in total. The molecule has 0 saturated carbocycles. The Morgan fingerprint density at radius 3 is 2.39 bits per heavy atom. The quantitative estimate of drug-likeness (QED) is 0.118. The Morgan fingerprint density at radius 1 is 1.18 bits per heavy atom. The highest BCUT2D eigenvalue weighted by Gasteiger charge is 2.49. The molecule has 28 heavy (non-hydrogen) atoms. The zero-order chi connectivity index (χ0) is 21.3. The minimum atomic E-state index is -1.73. The van der Waals surface area contributed by atoms with Crippen molar-refractivity contribution < 1.29 is 34.7 Å². The molecule has 2 amide bonds. The summed E-state index contributed by atoms with van der Waals surface area (Å²) in [7, 11) is 0. The molecule has 164 valence electrons. The first-order chi connectivity index (χ1) is 13.3. The van der Waals surface area contributed by atoms with Crippen molar-refractivity contribution in [1.29, 1.82) is 0 Å². The first kappa shape index (κ1) is 25.0. The molecule has 0 aromatic heterocycles. The minimum Gasteiger partial charge on any atom is -0.387 e. The Balaban J connectivity index is 2.99. The standard InChI is InChI=1S/C16H30ClN3O8/c1-3-5-9-27-15-12(23)10(21)11(22)13(28-15)14(24)19(7-4-2)16(25)20(18-26)8-6-17/h10-15,21-24H,3-9H2,1-2H3/t10-,11-,12+,13-,14?,15-/m0/s1. The van der Waals surface area contributed by atoms with E-state index in [1.807, 2.05) is 6.92 Å². The van der Waals surface area contributed by atoms with Crippen molar-refractivity contribution in [3.05, 3.63) is 4.91 Å². The molecule has 0 aliphatic carbocycles. The number of aliphatic hydroxyl groups excluding tert-OH is 4. The maximum Gasteiger partial charge on any atom is 0.345 e. The van der Waals surface area contributed by atoms with E-state index in [1.165, 1.54) is 0 Å². The number of halogens is 1. The Labute approximate surface area is 168 Å². The molecule has 1 rings (SSSR count). The zero-order valence-corrected chi connectivity index (χ0v) is 16.8. The van der Waals surface area contributed by atoms with Gasteiger partial charge in [-0.1, -0.05) is 20.3 Å². The van der Waals surface area contributed by atoms with Crippen LogP contribution in [-0.4, -0.2) is 98.9 Å². The van der Waals surface area contributed by atoms with Gasteiger partial charge in [-0.05, 0) is 12.8 Å². The third-order valence-electron chi connectivity index (χ3n) is 4.33. The second kappa shape index (κ2) is 12.5. The Morgan fingerprint density at radius 2 is 1.86 bits per heavy atom. The first-order valence-corrected chi connectivity index (χ1v) is 9.84. The number of carbonyl (C=O) groups is 1. The smallest absolute Gasteiger partial charge is 0.345 e. The van der Waals surface area contributed by atoms with Crippen LogP contribution in [0.3, 0.4) is 0 Å². The number of urea groups is 1. The number of rotatable bonds is 11. The predicted octanol–water partition coefficient (Wildman–Crippen LogP) is -0.0167. The third kappa shape index (κ3) is 6.21. The van der Waals surface area contributed by atoms with Gasteiger partial charge in [-0.15, -0.1) is 16.5 Å². The van der Waals surface area contributed by atoms with Crippen LogP contribution >= 0.6 is 11.6 Å². The lowest BCUT2D eigenvalue weighted by Crippen LogP contribution is -2.65. The number of unbranched alkanes of at least 4 members (excludes halogenated alkanes) is 1. The van der Waals surface area contributed by atoms with Crippen LogP contribution in [0.5, 0.6) is 0 Å². The Bertz CT molecular complexity index is 489. The summed E-state index contributed by atoms with van der Waals surface area (Å²) < 4.78 is 10.8. The van der Waals surface area contributed by atoms with E-state index in [4.69, 9.17) is 21.1 Å². The molecule has 0 spiro atoms. The second-order valence-electron chi connectivity index (χ2n) is 6.45. The molecule has 0 radical (unpaired) electrons. The predicted molar refractivity (Wildman–Crippen MR) is 99.2 cm³/mol. The lowest BCUT2D eigenvalue weighted by Gasteiger charge is -2.44. The number of hydrogen-bond acceptors (Lipinski definition) is 9. The number of alkyl halides is 1. The van der Waals surface area contributed by atoms with Crippen LogP contribution in [0.1, 0.15) is 33.1 Å². The number of amides is 2. The van der Waals surface area contributed by atoms with Crippen molar-refractivity contribution in [3.8, 4) is 0 Å². The van der Waals surface area contributed by atoms with Crippen LogP contribution in [0, 0.1) is 4.91 Å². The van der Waals surface area contributed by atoms with Gasteiger partial charge < -0.3 is 29.9 Å². The van der Waals surface area contributed by atoms with Crippen molar-refractivity contribution in [3.63, 3.8) is 0 Å². The van der Waals surface area contributed by atoms with Crippen LogP contribution in [0.4, 0.5) is 4.79 Å². The molecule has 1 unspecified atom stereocenters. The summed E-state index contributed by atoms with van der Waals surface area (Å²) in [6.07, 6.45) is -7.49. The highest BCUT2D eigenvalue weighted by Crippen LogP contribution is 2.26. The van der Waals surface area contributed by atoms with Gasteiger partial charge in [-0.25, -0.2) is 4.79 Å². The summed E-state index contributed by atoms with van der Waals surface area (Å²) in [4.78, 5) is 24.3. The molecular weight excluding hydrogens is 398 g/mol. The summed E-state index contributed by atoms with van der Waals surface area (Å²) in [5.41, 5.74) is 0. The van der Waals surface area contributed by atoms with Crippen LogP contribution in [0.2, 0.25) is 0 Å². The molecule has 1 saturated heterocycles. The number of aliphatic hydroxyl groups is 4. The largest absolute Gasteiger partial charge is 0.387 e. The molecule has 0 bridgehead atoms. The van der Waals surface area contributed by atoms with Crippen LogP contribution < -0.4 is 0 Å². The number of nitrogens with zero attached hydrogens (tertiary/aromatic N) is 3. The fourth-order valence-electron chi connectivity index (χ4n) is 2.76. The Hall–Kier alpha value is -1.08. The summed E-state index contributed by atoms with van der Waals surface area (Å²) in [6, 6.07) is -0.926. The fourth-order valence-corrected chi connectivity index (χ4v) is 2.92. The van der Waals surface area contributed by atoms with Crippen molar-refractivity contribution in [2.45, 2.75) is 70.0 Å². The highest BCUT2D eigenvalue weighted by atomic mass is 35.5. The lowest BCUT2D eigenvalue weighted by molar-refractivity contribution is -0.318. The molecule has 1 aliphatic rings. The number of ether oxygens (including phenoxy) is 2. The monoisotopic (exact) mass is 427 g/mol. The van der Waals surface area contributed by atoms with E-state index in [0.29, 0.717) is 17.9 Å². The van der Waals surface area contributed by atoms with Crippen molar-refractivity contribution in [2.75, 3.05) is 25.6 Å². The van der Waals surface area contributed by atoms with E-state index in [0.717, 1.165) is 11.3 Å². The van der Waals surface area contributed by atoms with E-state index >= 15 is 0 Å². The lowest BCUT2D eigenvalue weighted by atomic mass is 9.97. The summed E-state index contributed by atoms with van der Waals surface area (Å²) in [5, 5.41) is 44.2. The average Bonchev–Trinajstić information content (AvgIpc) is 2.69. The summed E-state index contributed by atoms with van der Waals surface area (Å²) in [6.45, 7) is 3.76. The van der Waals surface area contributed by atoms with Crippen LogP contribution in [-0.2, 0) is 9.47 Å². The zero-order valence-electron chi connectivity index (χ0n) is 16.1. The molecule has 12 heteroatoms. The van der Waals surface area contributed by atoms with E-state index < -0.39 is 43.0 Å². The van der Waals surface area contributed by atoms with Gasteiger partial charge in [0.2, 0.25) is 0 Å². The number of carbonyl (C=O) groups excluding carboxylic acids is 1. The van der Waals surface area contributed by atoms with Gasteiger partial charge in [0.15, 0.2) is 12.5 Å². The topological polar surface area (TPSA) is 152 Å². The number of nitroso groups, excluding NO2 is 1. The van der Waals surface area contributed by atoms with Gasteiger partial charge >= 0.3 is 6.03 Å². The van der Waals surface area contributed by atoms with Crippen molar-refractivity contribution in [1.82, 2.24) is 9.91 Å². The third-order valence-corrected chi connectivity index (χ3v) is 4.49. The van der Waals surface area contributed by atoms with Crippen molar-refractivity contribution in [2.24, 2.45) is 5.29 Å². The summed E-state index contributed by atoms with van der Waals surface area (Å²) in [5.74, 6) is -0.0473. The van der Waals surface area contributed by atoms with Gasteiger partial charge in [0.25, 0.3) is 0 Å². The van der Waals surface area contributed by atoms with E-state index in [9.17, 15) is 30.1 Å². The minimum absolute atomic E-state index is 0.0148. The highest BCUT2D eigenvalue weighted by molar-refractivity contribution is 6.18. The molecule has 1 fully saturated rings. The molecule has 1 aliphatic heterocycles. The molecule has 0 aromatic rings. The molecular formula is C16H30ClN3O8. The van der Waals surface area contributed by atoms with E-state index in [-0.39, 0.29) is 25.6 Å². The van der Waals surface area contributed by atoms with Gasteiger partial charge in [0.1, 0.15) is 24.4 Å². The molecule has 4 N–H and O–H groups in total. The fraction of sp³-hybridized carbons (Fsp3) is 0.938. The maximum absolute atomic E-state index is 12.5. The van der Waals surface area contributed by atoms with Gasteiger partial charge in [0, 0.05) is 19.0 Å². The van der Waals surface area contributed by atoms with Crippen molar-refractivity contribution >= 4 is 17.6 Å². The summed E-state index contributed by atoms with van der Waals surface area (Å²) >= 11 is 5.55. The number of hydrogen-bond donors (Lipinski definition) is 4. The van der Waals surface area contributed by atoms with Crippen LogP contribution in [0.15, 0.2) is 5.29 Å². The SMILES string of the molecule is CCCCO[C@H]1O[C@H](C(O)N(CCC)C(=O)N(CCCl)N=O)[C@@H](O)[C@H](O)[C@H]1O. The average molecular weight is 428 g/mol. The maximum atomic E-state index is 12.5. The van der Waals surface area contributed by atoms with Gasteiger partial charge in [-0.3, -0.25) is 4.90 Å². The normalized spacial score (nSPS) is 28.6. The molecule has 1 heterocycles. The molecule has 0 aromatic carbocycles. The van der Waals surface area contributed by atoms with Gasteiger partial charge in [0.05, 0.1) is 11.8 Å². The molecule has 6 atom stereocenters. The van der Waals surface area contributed by atoms with Gasteiger partial charge in [-0.2, -0.15) is 5.01 Å². The van der Waals surface area contributed by atoms with E-state index in [2.05, 4.69) is 5.29 Å². The first-order valence-electron chi connectivity index (χ1n) is 9.30. The second-order valence-corrected chi connectivity index (χ2v) is 6.83. The van der Waals surface area contributed by atoms with Crippen LogP contribution in [0.25, 0.3) is 0 Å².